The molecule has 0 aliphatic heterocycles. The van der Waals surface area contributed by atoms with Crippen LogP contribution in [0.2, 0.25) is 5.02 Å². The number of aryl methyl sites for hydroxylation is 1. The summed E-state index contributed by atoms with van der Waals surface area (Å²) in [5.41, 5.74) is 1.51. The Morgan fingerprint density at radius 2 is 2.24 bits per heavy atom. The minimum atomic E-state index is -0.115. The van der Waals surface area contributed by atoms with E-state index in [0.717, 1.165) is 12.0 Å². The van der Waals surface area contributed by atoms with Gasteiger partial charge in [0.15, 0.2) is 0 Å². The second-order valence-corrected chi connectivity index (χ2v) is 4.64. The van der Waals surface area contributed by atoms with Gasteiger partial charge < -0.3 is 10.4 Å². The topological polar surface area (TPSA) is 49.3 Å². The molecule has 0 aliphatic carbocycles. The number of rotatable bonds is 5. The highest BCUT2D eigenvalue weighted by Crippen LogP contribution is 2.15. The molecule has 0 radical (unpaired) electrons. The van der Waals surface area contributed by atoms with Crippen molar-refractivity contribution in [1.29, 1.82) is 0 Å². The highest BCUT2D eigenvalue weighted by atomic mass is 35.5. The summed E-state index contributed by atoms with van der Waals surface area (Å²) in [5, 5.41) is 12.2. The van der Waals surface area contributed by atoms with Crippen molar-refractivity contribution in [2.75, 3.05) is 6.61 Å². The number of nitrogens with one attached hydrogen (secondary N) is 1. The molecule has 0 spiro atoms. The van der Waals surface area contributed by atoms with Crippen molar-refractivity contribution >= 4 is 17.5 Å². The molecule has 1 aromatic carbocycles. The van der Waals surface area contributed by atoms with Crippen LogP contribution in [0.15, 0.2) is 18.2 Å². The third kappa shape index (κ3) is 4.36. The standard InChI is InChI=1S/C13H18ClNO2/c1-9-5-6-11(14)8-12(9)13(17)15-10(2)4-3-7-16/h5-6,8,10,16H,3-4,7H2,1-2H3,(H,15,17). The van der Waals surface area contributed by atoms with E-state index in [1.807, 2.05) is 19.9 Å². The van der Waals surface area contributed by atoms with Crippen LogP contribution in [0.5, 0.6) is 0 Å². The number of hydrogen-bond acceptors (Lipinski definition) is 2. The first-order chi connectivity index (χ1) is 8.04. The lowest BCUT2D eigenvalue weighted by Gasteiger charge is -2.14. The predicted octanol–water partition coefficient (Wildman–Crippen LogP) is 2.54. The number of amides is 1. The van der Waals surface area contributed by atoms with Crippen LogP contribution in [0.4, 0.5) is 0 Å². The van der Waals surface area contributed by atoms with Gasteiger partial charge >= 0.3 is 0 Å². The van der Waals surface area contributed by atoms with Gasteiger partial charge in [0.25, 0.3) is 5.91 Å². The van der Waals surface area contributed by atoms with Crippen LogP contribution in [0, 0.1) is 6.92 Å². The Balaban J connectivity index is 2.66. The molecule has 0 aromatic heterocycles. The molecule has 4 heteroatoms. The average Bonchev–Trinajstić information content (AvgIpc) is 2.29. The van der Waals surface area contributed by atoms with Crippen molar-refractivity contribution < 1.29 is 9.90 Å². The largest absolute Gasteiger partial charge is 0.396 e. The molecular formula is C13H18ClNO2. The summed E-state index contributed by atoms with van der Waals surface area (Å²) in [6.45, 7) is 3.95. The number of benzene rings is 1. The molecule has 1 rings (SSSR count). The van der Waals surface area contributed by atoms with Gasteiger partial charge in [-0.3, -0.25) is 4.79 Å². The smallest absolute Gasteiger partial charge is 0.251 e. The van der Waals surface area contributed by atoms with Crippen molar-refractivity contribution in [2.45, 2.75) is 32.7 Å². The summed E-state index contributed by atoms with van der Waals surface area (Å²) >= 11 is 5.87. The van der Waals surface area contributed by atoms with E-state index in [1.54, 1.807) is 12.1 Å². The molecule has 1 aromatic rings. The van der Waals surface area contributed by atoms with Crippen molar-refractivity contribution in [3.8, 4) is 0 Å². The molecule has 1 amide bonds. The van der Waals surface area contributed by atoms with Gasteiger partial charge in [-0.25, -0.2) is 0 Å². The Morgan fingerprint density at radius 1 is 1.53 bits per heavy atom. The average molecular weight is 256 g/mol. The number of hydrogen-bond donors (Lipinski definition) is 2. The minimum Gasteiger partial charge on any atom is -0.396 e. The molecule has 0 aliphatic rings. The number of carbonyl (C=O) groups is 1. The van der Waals surface area contributed by atoms with Crippen LogP contribution in [0.3, 0.4) is 0 Å². The van der Waals surface area contributed by atoms with Gasteiger partial charge in [-0.2, -0.15) is 0 Å². The first-order valence-corrected chi connectivity index (χ1v) is 6.10. The maximum absolute atomic E-state index is 12.0. The molecule has 1 unspecified atom stereocenters. The first-order valence-electron chi connectivity index (χ1n) is 5.72. The summed E-state index contributed by atoms with van der Waals surface area (Å²) in [4.78, 5) is 12.0. The highest BCUT2D eigenvalue weighted by molar-refractivity contribution is 6.31. The molecule has 2 N–H and O–H groups in total. The molecule has 0 bridgehead atoms. The normalized spacial score (nSPS) is 12.2. The molecule has 0 saturated carbocycles. The Kier molecular flexibility index (Phi) is 5.45. The van der Waals surface area contributed by atoms with E-state index >= 15 is 0 Å². The second-order valence-electron chi connectivity index (χ2n) is 4.20. The maximum Gasteiger partial charge on any atom is 0.251 e. The van der Waals surface area contributed by atoms with Crippen LogP contribution in [0.25, 0.3) is 0 Å². The van der Waals surface area contributed by atoms with Gasteiger partial charge in [0.1, 0.15) is 0 Å². The Labute approximate surface area is 107 Å². The molecule has 1 atom stereocenters. The first kappa shape index (κ1) is 14.0. The summed E-state index contributed by atoms with van der Waals surface area (Å²) in [6, 6.07) is 5.32. The van der Waals surface area contributed by atoms with Crippen LogP contribution in [0.1, 0.15) is 35.7 Å². The maximum atomic E-state index is 12.0. The zero-order chi connectivity index (χ0) is 12.8. The van der Waals surface area contributed by atoms with Crippen molar-refractivity contribution in [3.05, 3.63) is 34.3 Å². The summed E-state index contributed by atoms with van der Waals surface area (Å²) in [6.07, 6.45) is 1.46. The van der Waals surface area contributed by atoms with Gasteiger partial charge in [-0.15, -0.1) is 0 Å². The molecule has 94 valence electrons. The minimum absolute atomic E-state index is 0.0491. The molecule has 17 heavy (non-hydrogen) atoms. The summed E-state index contributed by atoms with van der Waals surface area (Å²) in [7, 11) is 0. The quantitative estimate of drug-likeness (QED) is 0.850. The second kappa shape index (κ2) is 6.62. The van der Waals surface area contributed by atoms with Gasteiger partial charge in [0, 0.05) is 23.2 Å². The zero-order valence-corrected chi connectivity index (χ0v) is 10.9. The fraction of sp³-hybridized carbons (Fsp3) is 0.462. The third-order valence-electron chi connectivity index (χ3n) is 2.62. The fourth-order valence-electron chi connectivity index (χ4n) is 1.61. The fourth-order valence-corrected chi connectivity index (χ4v) is 1.78. The summed E-state index contributed by atoms with van der Waals surface area (Å²) < 4.78 is 0. The zero-order valence-electron chi connectivity index (χ0n) is 10.2. The SMILES string of the molecule is Cc1ccc(Cl)cc1C(=O)NC(C)CCCO. The Bertz CT molecular complexity index is 393. The lowest BCUT2D eigenvalue weighted by molar-refractivity contribution is 0.0936. The van der Waals surface area contributed by atoms with Crippen molar-refractivity contribution in [3.63, 3.8) is 0 Å². The van der Waals surface area contributed by atoms with Crippen LogP contribution in [-0.2, 0) is 0 Å². The molecular weight excluding hydrogens is 238 g/mol. The lowest BCUT2D eigenvalue weighted by Crippen LogP contribution is -2.33. The van der Waals surface area contributed by atoms with E-state index < -0.39 is 0 Å². The molecule has 0 fully saturated rings. The van der Waals surface area contributed by atoms with Crippen LogP contribution < -0.4 is 5.32 Å². The number of halogens is 1. The van der Waals surface area contributed by atoms with Gasteiger partial charge in [0.05, 0.1) is 0 Å². The van der Waals surface area contributed by atoms with Gasteiger partial charge in [-0.05, 0) is 44.4 Å². The monoisotopic (exact) mass is 255 g/mol. The molecule has 0 heterocycles. The number of aliphatic hydroxyl groups is 1. The summed E-state index contributed by atoms with van der Waals surface area (Å²) in [5.74, 6) is -0.115. The van der Waals surface area contributed by atoms with Crippen molar-refractivity contribution in [2.24, 2.45) is 0 Å². The lowest BCUT2D eigenvalue weighted by atomic mass is 10.1. The van der Waals surface area contributed by atoms with Crippen LogP contribution in [-0.4, -0.2) is 23.7 Å². The van der Waals surface area contributed by atoms with Crippen LogP contribution >= 0.6 is 11.6 Å². The van der Waals surface area contributed by atoms with E-state index in [1.165, 1.54) is 0 Å². The van der Waals surface area contributed by atoms with E-state index in [4.69, 9.17) is 16.7 Å². The Hall–Kier alpha value is -1.06. The predicted molar refractivity (Wildman–Crippen MR) is 69.4 cm³/mol. The van der Waals surface area contributed by atoms with E-state index in [0.29, 0.717) is 17.0 Å². The Morgan fingerprint density at radius 3 is 2.88 bits per heavy atom. The number of carbonyl (C=O) groups excluding carboxylic acids is 1. The highest BCUT2D eigenvalue weighted by Gasteiger charge is 2.12. The third-order valence-corrected chi connectivity index (χ3v) is 2.85. The molecule has 3 nitrogen and oxygen atoms in total. The van der Waals surface area contributed by atoms with Gasteiger partial charge in [-0.1, -0.05) is 17.7 Å². The van der Waals surface area contributed by atoms with E-state index in [2.05, 4.69) is 5.32 Å². The van der Waals surface area contributed by atoms with Crippen molar-refractivity contribution in [1.82, 2.24) is 5.32 Å². The van der Waals surface area contributed by atoms with Gasteiger partial charge in [0.2, 0.25) is 0 Å². The number of aliphatic hydroxyl groups excluding tert-OH is 1. The van der Waals surface area contributed by atoms with E-state index in [9.17, 15) is 4.79 Å². The van der Waals surface area contributed by atoms with E-state index in [-0.39, 0.29) is 18.6 Å². The molecule has 0 saturated heterocycles.